The Morgan fingerprint density at radius 1 is 1.33 bits per heavy atom. The first-order chi connectivity index (χ1) is 10.3. The van der Waals surface area contributed by atoms with Gasteiger partial charge in [0.25, 0.3) is 0 Å². The minimum Gasteiger partial charge on any atom is -0.497 e. The molecule has 1 aromatic rings. The predicted molar refractivity (Wildman–Crippen MR) is 83.9 cm³/mol. The molecule has 3 heterocycles. The Labute approximate surface area is 126 Å². The first-order valence-electron chi connectivity index (χ1n) is 7.59. The second-order valence-electron chi connectivity index (χ2n) is 5.82. The Morgan fingerprint density at radius 2 is 2.19 bits per heavy atom. The molecule has 2 bridgehead atoms. The van der Waals surface area contributed by atoms with Crippen LogP contribution in [0.2, 0.25) is 0 Å². The second-order valence-corrected chi connectivity index (χ2v) is 5.82. The fourth-order valence-electron chi connectivity index (χ4n) is 3.63. The van der Waals surface area contributed by atoms with Gasteiger partial charge in [-0.3, -0.25) is 4.90 Å². The van der Waals surface area contributed by atoms with Gasteiger partial charge in [0.05, 0.1) is 14.2 Å². The van der Waals surface area contributed by atoms with Crippen LogP contribution in [-0.2, 0) is 6.54 Å². The van der Waals surface area contributed by atoms with E-state index in [1.165, 1.54) is 18.4 Å². The number of benzene rings is 1. The average Bonchev–Trinajstić information content (AvgIpc) is 2.56. The third kappa shape index (κ3) is 2.65. The zero-order chi connectivity index (χ0) is 14.8. The number of nitrogens with zero attached hydrogens (tertiary/aromatic N) is 1. The zero-order valence-corrected chi connectivity index (χ0v) is 12.8. The highest BCUT2D eigenvalue weighted by Crippen LogP contribution is 2.33. The van der Waals surface area contributed by atoms with Crippen LogP contribution in [-0.4, -0.2) is 43.8 Å². The summed E-state index contributed by atoms with van der Waals surface area (Å²) in [5.41, 5.74) is 1.21. The lowest BCUT2D eigenvalue weighted by molar-refractivity contribution is 0.0305. The minimum atomic E-state index is 0.407. The lowest BCUT2D eigenvalue weighted by Gasteiger charge is -2.51. The third-order valence-electron chi connectivity index (χ3n) is 4.78. The molecular formula is C17H24N2O2. The molecule has 3 aliphatic heterocycles. The summed E-state index contributed by atoms with van der Waals surface area (Å²) < 4.78 is 10.8. The highest BCUT2D eigenvalue weighted by atomic mass is 16.5. The van der Waals surface area contributed by atoms with Crippen LogP contribution < -0.4 is 14.8 Å². The molecule has 0 aliphatic carbocycles. The van der Waals surface area contributed by atoms with Crippen LogP contribution in [0.4, 0.5) is 0 Å². The molecule has 3 saturated heterocycles. The summed E-state index contributed by atoms with van der Waals surface area (Å²) in [7, 11) is 3.39. The average molecular weight is 288 g/mol. The fourth-order valence-corrected chi connectivity index (χ4v) is 3.63. The van der Waals surface area contributed by atoms with Crippen LogP contribution in [0.25, 0.3) is 0 Å². The molecule has 4 rings (SSSR count). The third-order valence-corrected chi connectivity index (χ3v) is 4.78. The van der Waals surface area contributed by atoms with E-state index >= 15 is 0 Å². The largest absolute Gasteiger partial charge is 0.497 e. The Balaban J connectivity index is 1.83. The molecule has 0 saturated carbocycles. The maximum absolute atomic E-state index is 5.53. The van der Waals surface area contributed by atoms with Gasteiger partial charge < -0.3 is 14.8 Å². The van der Waals surface area contributed by atoms with Crippen molar-refractivity contribution in [3.8, 4) is 11.5 Å². The Hall–Kier alpha value is -1.52. The summed E-state index contributed by atoms with van der Waals surface area (Å²) in [5.74, 6) is 1.73. The molecule has 1 aromatic carbocycles. The summed E-state index contributed by atoms with van der Waals surface area (Å²) in [6.45, 7) is 6.00. The Bertz CT molecular complexity index is 510. The van der Waals surface area contributed by atoms with E-state index in [2.05, 4.69) is 28.9 Å². The summed E-state index contributed by atoms with van der Waals surface area (Å²) >= 11 is 0. The smallest absolute Gasteiger partial charge is 0.127 e. The number of hydrogen-bond donors (Lipinski definition) is 1. The zero-order valence-electron chi connectivity index (χ0n) is 12.8. The molecule has 3 atom stereocenters. The fraction of sp³-hybridized carbons (Fsp3) is 0.529. The maximum Gasteiger partial charge on any atom is 0.127 e. The summed E-state index contributed by atoms with van der Waals surface area (Å²) in [4.78, 5) is 2.56. The van der Waals surface area contributed by atoms with E-state index in [4.69, 9.17) is 9.47 Å². The van der Waals surface area contributed by atoms with E-state index in [0.29, 0.717) is 18.1 Å². The molecule has 21 heavy (non-hydrogen) atoms. The molecule has 114 valence electrons. The minimum absolute atomic E-state index is 0.407. The molecule has 3 fully saturated rings. The van der Waals surface area contributed by atoms with Crippen LogP contribution in [0.3, 0.4) is 0 Å². The molecule has 4 heteroatoms. The first kappa shape index (κ1) is 14.4. The van der Waals surface area contributed by atoms with Crippen molar-refractivity contribution < 1.29 is 9.47 Å². The van der Waals surface area contributed by atoms with Crippen molar-refractivity contribution in [2.45, 2.75) is 37.5 Å². The molecule has 0 unspecified atom stereocenters. The highest BCUT2D eigenvalue weighted by molar-refractivity contribution is 5.41. The quantitative estimate of drug-likeness (QED) is 0.842. The van der Waals surface area contributed by atoms with E-state index in [1.54, 1.807) is 14.2 Å². The van der Waals surface area contributed by atoms with Crippen molar-refractivity contribution in [3.05, 3.63) is 36.4 Å². The highest BCUT2D eigenvalue weighted by Gasteiger charge is 2.40. The van der Waals surface area contributed by atoms with Crippen molar-refractivity contribution in [3.63, 3.8) is 0 Å². The van der Waals surface area contributed by atoms with E-state index in [-0.39, 0.29) is 0 Å². The van der Waals surface area contributed by atoms with Crippen molar-refractivity contribution in [2.75, 3.05) is 20.8 Å². The molecule has 4 nitrogen and oxygen atoms in total. The predicted octanol–water partition coefficient (Wildman–Crippen LogP) is 2.19. The number of rotatable bonds is 5. The van der Waals surface area contributed by atoms with Crippen LogP contribution in [0.15, 0.2) is 30.9 Å². The van der Waals surface area contributed by atoms with Crippen LogP contribution in [0, 0.1) is 0 Å². The van der Waals surface area contributed by atoms with E-state index in [0.717, 1.165) is 24.6 Å². The molecule has 3 aliphatic rings. The van der Waals surface area contributed by atoms with Gasteiger partial charge in [-0.1, -0.05) is 12.1 Å². The number of hydrogen-bond acceptors (Lipinski definition) is 4. The summed E-state index contributed by atoms with van der Waals surface area (Å²) in [6.07, 6.45) is 4.59. The van der Waals surface area contributed by atoms with Crippen LogP contribution >= 0.6 is 0 Å². The van der Waals surface area contributed by atoms with Gasteiger partial charge in [-0.05, 0) is 18.9 Å². The van der Waals surface area contributed by atoms with Gasteiger partial charge in [0.2, 0.25) is 0 Å². The maximum atomic E-state index is 5.53. The molecular weight excluding hydrogens is 264 g/mol. The van der Waals surface area contributed by atoms with E-state index in [9.17, 15) is 0 Å². The molecule has 0 radical (unpaired) electrons. The standard InChI is InChI=1S/C17H24N2O2/c1-4-16-15-8-6-13(10-18-15)19(16)11-12-5-7-14(20-2)9-17(12)21-3/h4-5,7,9,13,15-16,18H,1,6,8,10-11H2,2-3H3/t13-,15-,16+/m0/s1. The van der Waals surface area contributed by atoms with Crippen LogP contribution in [0.1, 0.15) is 18.4 Å². The van der Waals surface area contributed by atoms with Crippen molar-refractivity contribution in [1.29, 1.82) is 0 Å². The van der Waals surface area contributed by atoms with Gasteiger partial charge >= 0.3 is 0 Å². The van der Waals surface area contributed by atoms with Crippen molar-refractivity contribution in [1.82, 2.24) is 10.2 Å². The van der Waals surface area contributed by atoms with E-state index in [1.807, 2.05) is 12.1 Å². The second kappa shape index (κ2) is 6.08. The molecule has 0 spiro atoms. The van der Waals surface area contributed by atoms with Crippen molar-refractivity contribution >= 4 is 0 Å². The number of piperazine rings is 1. The SMILES string of the molecule is C=C[C@@H]1[C@@H]2CC[C@@H](CN2)N1Cc1ccc(OC)cc1OC. The monoisotopic (exact) mass is 288 g/mol. The number of methoxy groups -OCH3 is 2. The molecule has 1 N–H and O–H groups in total. The first-order valence-corrected chi connectivity index (χ1v) is 7.59. The van der Waals surface area contributed by atoms with Gasteiger partial charge in [-0.25, -0.2) is 0 Å². The van der Waals surface area contributed by atoms with Crippen LogP contribution in [0.5, 0.6) is 11.5 Å². The van der Waals surface area contributed by atoms with Gasteiger partial charge in [0.15, 0.2) is 0 Å². The number of ether oxygens (including phenoxy) is 2. The van der Waals surface area contributed by atoms with Gasteiger partial charge in [-0.2, -0.15) is 0 Å². The molecule has 0 amide bonds. The number of fused-ring (bicyclic) bond motifs is 3. The number of piperidine rings is 2. The Morgan fingerprint density at radius 3 is 2.81 bits per heavy atom. The lowest BCUT2D eigenvalue weighted by Crippen LogP contribution is -2.65. The normalized spacial score (nSPS) is 28.4. The van der Waals surface area contributed by atoms with Crippen molar-refractivity contribution in [2.24, 2.45) is 0 Å². The Kier molecular flexibility index (Phi) is 4.17. The van der Waals surface area contributed by atoms with Gasteiger partial charge in [0.1, 0.15) is 11.5 Å². The summed E-state index contributed by atoms with van der Waals surface area (Å²) in [6, 6.07) is 7.60. The number of nitrogens with one attached hydrogen (secondary N) is 1. The van der Waals surface area contributed by atoms with Gasteiger partial charge in [-0.15, -0.1) is 6.58 Å². The molecule has 0 aromatic heterocycles. The lowest BCUT2D eigenvalue weighted by atomic mass is 9.86. The van der Waals surface area contributed by atoms with Gasteiger partial charge in [0, 0.05) is 42.8 Å². The topological polar surface area (TPSA) is 33.7 Å². The summed E-state index contributed by atoms with van der Waals surface area (Å²) in [5, 5.41) is 3.62. The van der Waals surface area contributed by atoms with E-state index < -0.39 is 0 Å².